The number of hydrogen-bond acceptors (Lipinski definition) is 4. The summed E-state index contributed by atoms with van der Waals surface area (Å²) in [6, 6.07) is 0.492. The van der Waals surface area contributed by atoms with E-state index in [9.17, 15) is 9.59 Å². The monoisotopic (exact) mass is 256 g/mol. The smallest absolute Gasteiger partial charge is 0.234 e. The third-order valence-corrected chi connectivity index (χ3v) is 2.95. The van der Waals surface area contributed by atoms with Gasteiger partial charge in [0, 0.05) is 39.1 Å². The largest absolute Gasteiger partial charge is 0.355 e. The minimum absolute atomic E-state index is 0.0284. The minimum atomic E-state index is -0.0719. The average Bonchev–Trinajstić information content (AvgIpc) is 2.22. The maximum absolute atomic E-state index is 11.7. The Morgan fingerprint density at radius 2 is 1.94 bits per heavy atom. The van der Waals surface area contributed by atoms with Gasteiger partial charge in [-0.3, -0.25) is 14.5 Å². The highest BCUT2D eigenvalue weighted by molar-refractivity contribution is 5.78. The summed E-state index contributed by atoms with van der Waals surface area (Å²) in [6.45, 7) is 7.90. The van der Waals surface area contributed by atoms with E-state index in [-0.39, 0.29) is 11.8 Å². The first-order valence-corrected chi connectivity index (χ1v) is 6.59. The third kappa shape index (κ3) is 5.46. The summed E-state index contributed by atoms with van der Waals surface area (Å²) in [5.74, 6) is -0.0434. The predicted molar refractivity (Wildman–Crippen MR) is 70.2 cm³/mol. The molecule has 6 heteroatoms. The van der Waals surface area contributed by atoms with Crippen LogP contribution in [0, 0.1) is 0 Å². The average molecular weight is 256 g/mol. The molecular weight excluding hydrogens is 232 g/mol. The van der Waals surface area contributed by atoms with Gasteiger partial charge in [-0.25, -0.2) is 0 Å². The lowest BCUT2D eigenvalue weighted by Gasteiger charge is -2.37. The number of amides is 2. The minimum Gasteiger partial charge on any atom is -0.355 e. The molecule has 0 atom stereocenters. The van der Waals surface area contributed by atoms with Gasteiger partial charge in [0.05, 0.1) is 6.54 Å². The van der Waals surface area contributed by atoms with Crippen LogP contribution in [0.4, 0.5) is 0 Å². The van der Waals surface area contributed by atoms with Crippen molar-refractivity contribution < 1.29 is 9.59 Å². The molecule has 104 valence electrons. The molecule has 18 heavy (non-hydrogen) atoms. The van der Waals surface area contributed by atoms with Crippen LogP contribution in [0.25, 0.3) is 0 Å². The Kier molecular flexibility index (Phi) is 6.67. The molecule has 0 aromatic heterocycles. The molecule has 0 aliphatic carbocycles. The van der Waals surface area contributed by atoms with E-state index in [1.165, 1.54) is 6.92 Å². The van der Waals surface area contributed by atoms with Crippen LogP contribution in [0.2, 0.25) is 0 Å². The lowest BCUT2D eigenvalue weighted by Crippen LogP contribution is -2.59. The molecule has 6 nitrogen and oxygen atoms in total. The zero-order valence-electron chi connectivity index (χ0n) is 11.3. The number of carbonyl (C=O) groups excluding carboxylic acids is 2. The van der Waals surface area contributed by atoms with E-state index >= 15 is 0 Å². The lowest BCUT2D eigenvalue weighted by molar-refractivity contribution is -0.123. The summed E-state index contributed by atoms with van der Waals surface area (Å²) in [7, 11) is 0. The third-order valence-electron chi connectivity index (χ3n) is 2.95. The van der Waals surface area contributed by atoms with Crippen molar-refractivity contribution in [2.45, 2.75) is 26.3 Å². The molecule has 1 rings (SSSR count). The van der Waals surface area contributed by atoms with Crippen LogP contribution in [-0.4, -0.2) is 62.0 Å². The molecule has 0 saturated carbocycles. The molecule has 1 fully saturated rings. The van der Waals surface area contributed by atoms with E-state index in [2.05, 4.69) is 27.8 Å². The van der Waals surface area contributed by atoms with Crippen LogP contribution >= 0.6 is 0 Å². The van der Waals surface area contributed by atoms with Gasteiger partial charge in [0.2, 0.25) is 11.8 Å². The maximum Gasteiger partial charge on any atom is 0.234 e. The van der Waals surface area contributed by atoms with Gasteiger partial charge in [-0.15, -0.1) is 0 Å². The zero-order valence-corrected chi connectivity index (χ0v) is 11.3. The van der Waals surface area contributed by atoms with Gasteiger partial charge in [0.15, 0.2) is 0 Å². The zero-order chi connectivity index (χ0) is 13.4. The van der Waals surface area contributed by atoms with Crippen molar-refractivity contribution in [1.82, 2.24) is 20.9 Å². The van der Waals surface area contributed by atoms with E-state index in [1.807, 2.05) is 0 Å². The Morgan fingerprint density at radius 1 is 1.28 bits per heavy atom. The van der Waals surface area contributed by atoms with Crippen molar-refractivity contribution >= 4 is 11.8 Å². The summed E-state index contributed by atoms with van der Waals surface area (Å²) in [4.78, 5) is 24.6. The van der Waals surface area contributed by atoms with Gasteiger partial charge in [0.25, 0.3) is 0 Å². The number of hydrogen-bond donors (Lipinski definition) is 3. The second-order valence-corrected chi connectivity index (χ2v) is 4.62. The van der Waals surface area contributed by atoms with Crippen molar-refractivity contribution in [1.29, 1.82) is 0 Å². The fourth-order valence-corrected chi connectivity index (χ4v) is 1.89. The Hall–Kier alpha value is -1.14. The number of carbonyl (C=O) groups is 2. The predicted octanol–water partition coefficient (Wildman–Crippen LogP) is -1.08. The van der Waals surface area contributed by atoms with E-state index < -0.39 is 0 Å². The topological polar surface area (TPSA) is 73.5 Å². The van der Waals surface area contributed by atoms with Crippen LogP contribution in [0.1, 0.15) is 20.3 Å². The highest BCUT2D eigenvalue weighted by Gasteiger charge is 2.25. The van der Waals surface area contributed by atoms with Crippen LogP contribution < -0.4 is 16.0 Å². The number of rotatable bonds is 8. The summed E-state index contributed by atoms with van der Waals surface area (Å²) in [5, 5.41) is 8.68. The second kappa shape index (κ2) is 8.05. The SMILES string of the molecule is CCCN(CC(=O)NCCNC(C)=O)C1CNC1. The Bertz CT molecular complexity index is 279. The first kappa shape index (κ1) is 14.9. The van der Waals surface area contributed by atoms with E-state index in [1.54, 1.807) is 0 Å². The van der Waals surface area contributed by atoms with Crippen molar-refractivity contribution in [3.8, 4) is 0 Å². The molecule has 0 radical (unpaired) electrons. The fraction of sp³-hybridized carbons (Fsp3) is 0.833. The summed E-state index contributed by atoms with van der Waals surface area (Å²) in [5.41, 5.74) is 0. The highest BCUT2D eigenvalue weighted by atomic mass is 16.2. The van der Waals surface area contributed by atoms with Crippen molar-refractivity contribution in [3.05, 3.63) is 0 Å². The molecule has 0 bridgehead atoms. The second-order valence-electron chi connectivity index (χ2n) is 4.62. The highest BCUT2D eigenvalue weighted by Crippen LogP contribution is 2.05. The molecule has 1 heterocycles. The first-order valence-electron chi connectivity index (χ1n) is 6.59. The van der Waals surface area contributed by atoms with E-state index in [0.29, 0.717) is 25.7 Å². The molecule has 0 aromatic rings. The maximum atomic E-state index is 11.7. The Morgan fingerprint density at radius 3 is 2.44 bits per heavy atom. The normalized spacial score (nSPS) is 15.3. The molecule has 2 amide bonds. The van der Waals surface area contributed by atoms with Crippen LogP contribution in [0.5, 0.6) is 0 Å². The fourth-order valence-electron chi connectivity index (χ4n) is 1.89. The van der Waals surface area contributed by atoms with Crippen LogP contribution in [0.15, 0.2) is 0 Å². The molecule has 1 saturated heterocycles. The first-order chi connectivity index (χ1) is 8.63. The van der Waals surface area contributed by atoms with E-state index in [4.69, 9.17) is 0 Å². The number of nitrogens with zero attached hydrogens (tertiary/aromatic N) is 1. The van der Waals surface area contributed by atoms with Gasteiger partial charge in [-0.05, 0) is 13.0 Å². The standard InChI is InChI=1S/C12H24N4O2/c1-3-6-16(11-7-13-8-11)9-12(18)15-5-4-14-10(2)17/h11,13H,3-9H2,1-2H3,(H,14,17)(H,15,18). The Balaban J connectivity index is 2.17. The molecular formula is C12H24N4O2. The van der Waals surface area contributed by atoms with Crippen LogP contribution in [-0.2, 0) is 9.59 Å². The Labute approximate surface area is 108 Å². The van der Waals surface area contributed by atoms with Gasteiger partial charge in [-0.1, -0.05) is 6.92 Å². The van der Waals surface area contributed by atoms with Crippen molar-refractivity contribution in [2.24, 2.45) is 0 Å². The molecule has 1 aliphatic rings. The molecule has 0 spiro atoms. The molecule has 3 N–H and O–H groups in total. The van der Waals surface area contributed by atoms with Gasteiger partial charge < -0.3 is 16.0 Å². The number of nitrogens with one attached hydrogen (secondary N) is 3. The quantitative estimate of drug-likeness (QED) is 0.483. The van der Waals surface area contributed by atoms with E-state index in [0.717, 1.165) is 26.1 Å². The summed E-state index contributed by atoms with van der Waals surface area (Å²) < 4.78 is 0. The van der Waals surface area contributed by atoms with Crippen molar-refractivity contribution in [3.63, 3.8) is 0 Å². The molecule has 1 aliphatic heterocycles. The van der Waals surface area contributed by atoms with Gasteiger partial charge >= 0.3 is 0 Å². The van der Waals surface area contributed by atoms with Crippen molar-refractivity contribution in [2.75, 3.05) is 39.3 Å². The van der Waals surface area contributed by atoms with Gasteiger partial charge in [0.1, 0.15) is 0 Å². The summed E-state index contributed by atoms with van der Waals surface area (Å²) in [6.07, 6.45) is 1.05. The van der Waals surface area contributed by atoms with Crippen LogP contribution in [0.3, 0.4) is 0 Å². The van der Waals surface area contributed by atoms with Gasteiger partial charge in [-0.2, -0.15) is 0 Å². The molecule has 0 unspecified atom stereocenters. The lowest BCUT2D eigenvalue weighted by atomic mass is 10.1. The summed E-state index contributed by atoms with van der Waals surface area (Å²) >= 11 is 0. The molecule has 0 aromatic carbocycles.